The molecule has 7 heteroatoms. The number of carbonyl (C=O) groups excluding carboxylic acids is 1. The third kappa shape index (κ3) is 4.57. The Bertz CT molecular complexity index is 328. The molecule has 0 spiro atoms. The second-order valence-corrected chi connectivity index (χ2v) is 4.39. The number of nitrogens with zero attached hydrogens (tertiary/aromatic N) is 3. The third-order valence-electron chi connectivity index (χ3n) is 2.66. The van der Waals surface area contributed by atoms with Gasteiger partial charge in [-0.3, -0.25) is 4.90 Å². The normalized spacial score (nSPS) is 16.2. The molecular weight excluding hydrogens is 262 g/mol. The largest absolute Gasteiger partial charge is 0.460 e. The summed E-state index contributed by atoms with van der Waals surface area (Å²) in [6, 6.07) is 0. The lowest BCUT2D eigenvalue weighted by Crippen LogP contribution is -2.33. The van der Waals surface area contributed by atoms with E-state index in [-0.39, 0.29) is 18.4 Å². The lowest BCUT2D eigenvalue weighted by atomic mass is 10.1. The molecule has 1 aliphatic heterocycles. The van der Waals surface area contributed by atoms with E-state index in [1.165, 1.54) is 25.5 Å². The molecule has 0 aromatic carbocycles. The van der Waals surface area contributed by atoms with Crippen LogP contribution in [0.15, 0.2) is 6.20 Å². The van der Waals surface area contributed by atoms with Gasteiger partial charge in [0.25, 0.3) is 0 Å². The molecule has 0 atom stereocenters. The second kappa shape index (κ2) is 7.58. The van der Waals surface area contributed by atoms with Crippen molar-refractivity contribution in [2.45, 2.75) is 19.3 Å². The number of hydrogen-bond donors (Lipinski definition) is 0. The van der Waals surface area contributed by atoms with E-state index in [9.17, 15) is 4.79 Å². The first-order valence-corrected chi connectivity index (χ1v) is 6.26. The zero-order valence-corrected chi connectivity index (χ0v) is 11.1. The monoisotopic (exact) mass is 277 g/mol. The molecule has 5 nitrogen and oxygen atoms in total. The molecule has 0 unspecified atom stereocenters. The minimum Gasteiger partial charge on any atom is -0.460 e. The van der Waals surface area contributed by atoms with Gasteiger partial charge >= 0.3 is 5.97 Å². The van der Waals surface area contributed by atoms with Crippen LogP contribution in [0.3, 0.4) is 0 Å². The SMILES string of the molecule is Cl.O=C(OCCN1CCCCC1)c1cnsn1. The molecule has 1 saturated heterocycles. The molecule has 0 aliphatic carbocycles. The van der Waals surface area contributed by atoms with Crippen LogP contribution in [0.1, 0.15) is 29.8 Å². The average molecular weight is 278 g/mol. The van der Waals surface area contributed by atoms with Crippen LogP contribution in [0.4, 0.5) is 0 Å². The van der Waals surface area contributed by atoms with E-state index in [1.54, 1.807) is 0 Å². The molecule has 0 bridgehead atoms. The van der Waals surface area contributed by atoms with Crippen LogP contribution in [-0.4, -0.2) is 45.9 Å². The predicted octanol–water partition coefficient (Wildman–Crippen LogP) is 1.60. The van der Waals surface area contributed by atoms with Crippen molar-refractivity contribution in [3.8, 4) is 0 Å². The third-order valence-corrected chi connectivity index (χ3v) is 3.14. The topological polar surface area (TPSA) is 55.3 Å². The molecule has 2 heterocycles. The quantitative estimate of drug-likeness (QED) is 0.783. The summed E-state index contributed by atoms with van der Waals surface area (Å²) in [4.78, 5) is 13.7. The summed E-state index contributed by atoms with van der Waals surface area (Å²) in [6.07, 6.45) is 5.27. The van der Waals surface area contributed by atoms with E-state index in [0.29, 0.717) is 12.3 Å². The molecule has 0 saturated carbocycles. The molecule has 0 amide bonds. The molecule has 0 radical (unpaired) electrons. The van der Waals surface area contributed by atoms with Crippen LogP contribution in [-0.2, 0) is 4.74 Å². The van der Waals surface area contributed by atoms with Crippen LogP contribution < -0.4 is 0 Å². The minimum atomic E-state index is -0.370. The van der Waals surface area contributed by atoms with Crippen LogP contribution in [0.5, 0.6) is 0 Å². The Morgan fingerprint density at radius 2 is 2.18 bits per heavy atom. The number of likely N-dealkylation sites (tertiary alicyclic amines) is 1. The summed E-state index contributed by atoms with van der Waals surface area (Å²) >= 11 is 1.02. The summed E-state index contributed by atoms with van der Waals surface area (Å²) < 4.78 is 12.7. The van der Waals surface area contributed by atoms with Gasteiger partial charge in [-0.15, -0.1) is 12.4 Å². The van der Waals surface area contributed by atoms with E-state index in [2.05, 4.69) is 13.6 Å². The van der Waals surface area contributed by atoms with Crippen molar-refractivity contribution in [1.82, 2.24) is 13.6 Å². The Kier molecular flexibility index (Phi) is 6.39. The van der Waals surface area contributed by atoms with Gasteiger partial charge in [-0.1, -0.05) is 6.42 Å². The van der Waals surface area contributed by atoms with Gasteiger partial charge in [-0.25, -0.2) is 4.79 Å². The van der Waals surface area contributed by atoms with Gasteiger partial charge in [0.2, 0.25) is 0 Å². The fourth-order valence-electron chi connectivity index (χ4n) is 1.78. The summed E-state index contributed by atoms with van der Waals surface area (Å²) in [5.74, 6) is -0.370. The van der Waals surface area contributed by atoms with Crippen molar-refractivity contribution in [3.63, 3.8) is 0 Å². The Balaban J connectivity index is 0.00000144. The number of carbonyl (C=O) groups is 1. The van der Waals surface area contributed by atoms with Gasteiger partial charge in [0, 0.05) is 6.54 Å². The average Bonchev–Trinajstić information content (AvgIpc) is 2.84. The molecule has 1 aromatic rings. The maximum Gasteiger partial charge on any atom is 0.359 e. The number of piperidine rings is 1. The molecular formula is C10H16ClN3O2S. The fraction of sp³-hybridized carbons (Fsp3) is 0.700. The molecule has 2 rings (SSSR count). The number of esters is 1. The van der Waals surface area contributed by atoms with Gasteiger partial charge < -0.3 is 4.74 Å². The Hall–Kier alpha value is -0.720. The van der Waals surface area contributed by atoms with Gasteiger partial charge in [0.05, 0.1) is 17.9 Å². The van der Waals surface area contributed by atoms with Gasteiger partial charge in [0.1, 0.15) is 6.61 Å². The minimum absolute atomic E-state index is 0. The Labute approximate surface area is 111 Å². The molecule has 0 N–H and O–H groups in total. The number of halogens is 1. The first-order chi connectivity index (χ1) is 7.86. The molecule has 1 aliphatic rings. The van der Waals surface area contributed by atoms with E-state index in [1.807, 2.05) is 0 Å². The number of ether oxygens (including phenoxy) is 1. The molecule has 1 aromatic heterocycles. The van der Waals surface area contributed by atoms with Gasteiger partial charge in [0.15, 0.2) is 5.69 Å². The molecule has 17 heavy (non-hydrogen) atoms. The highest BCUT2D eigenvalue weighted by atomic mass is 35.5. The zero-order chi connectivity index (χ0) is 11.2. The Morgan fingerprint density at radius 1 is 1.41 bits per heavy atom. The summed E-state index contributed by atoms with van der Waals surface area (Å²) in [5.41, 5.74) is 0.309. The zero-order valence-electron chi connectivity index (χ0n) is 9.50. The highest BCUT2D eigenvalue weighted by Crippen LogP contribution is 2.08. The highest BCUT2D eigenvalue weighted by Gasteiger charge is 2.13. The first-order valence-electron chi connectivity index (χ1n) is 5.53. The van der Waals surface area contributed by atoms with Crippen molar-refractivity contribution >= 4 is 30.1 Å². The fourth-order valence-corrected chi connectivity index (χ4v) is 2.18. The predicted molar refractivity (Wildman–Crippen MR) is 67.7 cm³/mol. The smallest absolute Gasteiger partial charge is 0.359 e. The maximum absolute atomic E-state index is 11.4. The lowest BCUT2D eigenvalue weighted by Gasteiger charge is -2.25. The van der Waals surface area contributed by atoms with E-state index >= 15 is 0 Å². The van der Waals surface area contributed by atoms with E-state index in [0.717, 1.165) is 31.4 Å². The summed E-state index contributed by atoms with van der Waals surface area (Å²) in [7, 11) is 0. The van der Waals surface area contributed by atoms with Crippen LogP contribution in [0, 0.1) is 0 Å². The van der Waals surface area contributed by atoms with Crippen LogP contribution in [0.25, 0.3) is 0 Å². The van der Waals surface area contributed by atoms with E-state index in [4.69, 9.17) is 4.74 Å². The molecule has 96 valence electrons. The standard InChI is InChI=1S/C10H15N3O2S.ClH/c14-10(9-8-11-16-12-9)15-7-6-13-4-2-1-3-5-13;/h8H,1-7H2;1H. The van der Waals surface area contributed by atoms with Crippen molar-refractivity contribution in [1.29, 1.82) is 0 Å². The summed E-state index contributed by atoms with van der Waals surface area (Å²) in [5, 5.41) is 0. The first kappa shape index (κ1) is 14.3. The van der Waals surface area contributed by atoms with Crippen molar-refractivity contribution in [2.75, 3.05) is 26.2 Å². The van der Waals surface area contributed by atoms with Crippen LogP contribution >= 0.6 is 24.1 Å². The van der Waals surface area contributed by atoms with Gasteiger partial charge in [-0.2, -0.15) is 8.75 Å². The summed E-state index contributed by atoms with van der Waals surface area (Å²) in [6.45, 7) is 3.51. The lowest BCUT2D eigenvalue weighted by molar-refractivity contribution is 0.0446. The van der Waals surface area contributed by atoms with Crippen molar-refractivity contribution in [2.24, 2.45) is 0 Å². The van der Waals surface area contributed by atoms with Gasteiger partial charge in [-0.05, 0) is 25.9 Å². The number of hydrogen-bond acceptors (Lipinski definition) is 6. The number of rotatable bonds is 4. The Morgan fingerprint density at radius 3 is 2.82 bits per heavy atom. The second-order valence-electron chi connectivity index (χ2n) is 3.83. The number of aromatic nitrogens is 2. The van der Waals surface area contributed by atoms with E-state index < -0.39 is 0 Å². The molecule has 1 fully saturated rings. The van der Waals surface area contributed by atoms with Crippen molar-refractivity contribution in [3.05, 3.63) is 11.9 Å². The van der Waals surface area contributed by atoms with Crippen LogP contribution in [0.2, 0.25) is 0 Å². The highest BCUT2D eigenvalue weighted by molar-refractivity contribution is 6.99. The van der Waals surface area contributed by atoms with Crippen molar-refractivity contribution < 1.29 is 9.53 Å². The maximum atomic E-state index is 11.4.